The highest BCUT2D eigenvalue weighted by Crippen LogP contribution is 2.25. The Morgan fingerprint density at radius 1 is 1.04 bits per heavy atom. The second-order valence-corrected chi connectivity index (χ2v) is 7.28. The van der Waals surface area contributed by atoms with Crippen molar-refractivity contribution in [2.24, 2.45) is 0 Å². The summed E-state index contributed by atoms with van der Waals surface area (Å²) in [5.41, 5.74) is 4.61. The van der Waals surface area contributed by atoms with Gasteiger partial charge in [-0.15, -0.1) is 0 Å². The van der Waals surface area contributed by atoms with E-state index in [0.29, 0.717) is 6.67 Å². The summed E-state index contributed by atoms with van der Waals surface area (Å²) >= 11 is 0. The highest BCUT2D eigenvalue weighted by Gasteiger charge is 2.45. The molecule has 1 N–H and O–H groups in total. The molecule has 2 atom stereocenters. The first-order valence-corrected chi connectivity index (χ1v) is 9.16. The zero-order valence-corrected chi connectivity index (χ0v) is 15.2. The van der Waals surface area contributed by atoms with Gasteiger partial charge in [-0.2, -0.15) is 0 Å². The quantitative estimate of drug-likeness (QED) is 0.858. The van der Waals surface area contributed by atoms with Crippen LogP contribution in [0.4, 0.5) is 10.5 Å². The zero-order valence-electron chi connectivity index (χ0n) is 15.2. The van der Waals surface area contributed by atoms with Gasteiger partial charge in [0.1, 0.15) is 12.6 Å². The number of fused-ring (bicyclic) bond motifs is 1. The molecular formula is C21H24N3O2+. The Labute approximate surface area is 153 Å². The van der Waals surface area contributed by atoms with Crippen LogP contribution in [0, 0.1) is 6.92 Å². The second kappa shape index (κ2) is 6.57. The van der Waals surface area contributed by atoms with E-state index in [-0.39, 0.29) is 11.9 Å². The van der Waals surface area contributed by atoms with E-state index in [1.54, 1.807) is 11.8 Å². The summed E-state index contributed by atoms with van der Waals surface area (Å²) in [6.07, 6.45) is 0.985. The van der Waals surface area contributed by atoms with Crippen LogP contribution in [0.25, 0.3) is 0 Å². The van der Waals surface area contributed by atoms with E-state index in [9.17, 15) is 9.59 Å². The second-order valence-electron chi connectivity index (χ2n) is 7.28. The van der Waals surface area contributed by atoms with Crippen molar-refractivity contribution in [1.82, 2.24) is 4.90 Å². The average Bonchev–Trinajstić information content (AvgIpc) is 2.86. The van der Waals surface area contributed by atoms with Gasteiger partial charge in [-0.05, 0) is 31.5 Å². The molecule has 3 amide bonds. The number of carbonyl (C=O) groups excluding carboxylic acids is 2. The predicted molar refractivity (Wildman–Crippen MR) is 99.9 cm³/mol. The number of hydrogen-bond acceptors (Lipinski definition) is 2. The Kier molecular flexibility index (Phi) is 4.24. The maximum atomic E-state index is 12.9. The number of hydrogen-bond donors (Lipinski definition) is 1. The molecule has 1 saturated heterocycles. The number of carbonyl (C=O) groups is 2. The molecule has 0 saturated carbocycles. The SMILES string of the molecule is Cc1ccc(N2C(=O)N(C[NH+]3CCc4ccccc4C3)C(=O)[C@@H]2C)cc1. The number of aryl methyl sites for hydroxylation is 1. The highest BCUT2D eigenvalue weighted by molar-refractivity contribution is 6.13. The van der Waals surface area contributed by atoms with Crippen molar-refractivity contribution in [3.63, 3.8) is 0 Å². The van der Waals surface area contributed by atoms with Crippen LogP contribution in [-0.4, -0.2) is 36.1 Å². The number of imide groups is 1. The maximum absolute atomic E-state index is 12.9. The Balaban J connectivity index is 1.52. The van der Waals surface area contributed by atoms with E-state index in [0.717, 1.165) is 30.8 Å². The number of anilines is 1. The van der Waals surface area contributed by atoms with Crippen molar-refractivity contribution >= 4 is 17.6 Å². The van der Waals surface area contributed by atoms with E-state index in [4.69, 9.17) is 0 Å². The van der Waals surface area contributed by atoms with Gasteiger partial charge in [0, 0.05) is 17.7 Å². The summed E-state index contributed by atoms with van der Waals surface area (Å²) in [7, 11) is 0. The minimum absolute atomic E-state index is 0.109. The number of quaternary nitrogens is 1. The van der Waals surface area contributed by atoms with E-state index in [1.165, 1.54) is 20.9 Å². The molecule has 0 aromatic heterocycles. The summed E-state index contributed by atoms with van der Waals surface area (Å²) in [6, 6.07) is 15.5. The van der Waals surface area contributed by atoms with E-state index >= 15 is 0 Å². The molecule has 1 fully saturated rings. The molecule has 0 aliphatic carbocycles. The van der Waals surface area contributed by atoms with E-state index in [1.807, 2.05) is 31.2 Å². The van der Waals surface area contributed by atoms with Crippen molar-refractivity contribution < 1.29 is 14.5 Å². The number of benzene rings is 2. The fourth-order valence-electron chi connectivity index (χ4n) is 3.91. The standard InChI is InChI=1S/C21H23N3O2/c1-15-7-9-19(10-8-15)24-16(2)20(25)23(21(24)26)14-22-12-11-17-5-3-4-6-18(17)13-22/h3-10,16H,11-14H2,1-2H3/p+1/t16-/m0/s1. The lowest BCUT2D eigenvalue weighted by Crippen LogP contribution is -3.13. The van der Waals surface area contributed by atoms with Crippen molar-refractivity contribution in [3.8, 4) is 0 Å². The summed E-state index contributed by atoms with van der Waals surface area (Å²) in [4.78, 5) is 30.0. The molecule has 1 unspecified atom stereocenters. The van der Waals surface area contributed by atoms with Crippen LogP contribution in [-0.2, 0) is 17.8 Å². The van der Waals surface area contributed by atoms with Gasteiger partial charge in [-0.25, -0.2) is 9.69 Å². The molecule has 4 rings (SSSR count). The highest BCUT2D eigenvalue weighted by atomic mass is 16.2. The molecular weight excluding hydrogens is 326 g/mol. The van der Waals surface area contributed by atoms with E-state index < -0.39 is 6.04 Å². The summed E-state index contributed by atoms with van der Waals surface area (Å²) in [5, 5.41) is 0. The van der Waals surface area contributed by atoms with Gasteiger partial charge in [-0.3, -0.25) is 9.69 Å². The third-order valence-electron chi connectivity index (χ3n) is 5.45. The number of rotatable bonds is 3. The number of nitrogens with zero attached hydrogens (tertiary/aromatic N) is 2. The van der Waals surface area contributed by atoms with Crippen molar-refractivity contribution in [2.45, 2.75) is 32.9 Å². The molecule has 134 valence electrons. The Bertz CT molecular complexity index is 847. The van der Waals surface area contributed by atoms with Crippen LogP contribution in [0.15, 0.2) is 48.5 Å². The van der Waals surface area contributed by atoms with Gasteiger partial charge in [0.2, 0.25) is 0 Å². The molecule has 2 aliphatic rings. The summed E-state index contributed by atoms with van der Waals surface area (Å²) in [5.74, 6) is -0.109. The van der Waals surface area contributed by atoms with Crippen LogP contribution < -0.4 is 9.80 Å². The third kappa shape index (κ3) is 2.88. The van der Waals surface area contributed by atoms with Crippen molar-refractivity contribution in [1.29, 1.82) is 0 Å². The van der Waals surface area contributed by atoms with Crippen molar-refractivity contribution in [2.75, 3.05) is 18.1 Å². The fourth-order valence-corrected chi connectivity index (χ4v) is 3.91. The van der Waals surface area contributed by atoms with Crippen molar-refractivity contribution in [3.05, 3.63) is 65.2 Å². The molecule has 2 aromatic rings. The first-order chi connectivity index (χ1) is 12.5. The van der Waals surface area contributed by atoms with Gasteiger partial charge >= 0.3 is 6.03 Å². The van der Waals surface area contributed by atoms with Crippen LogP contribution in [0.3, 0.4) is 0 Å². The van der Waals surface area contributed by atoms with Crippen LogP contribution in [0.2, 0.25) is 0 Å². The van der Waals surface area contributed by atoms with Crippen LogP contribution in [0.1, 0.15) is 23.6 Å². The number of urea groups is 1. The lowest BCUT2D eigenvalue weighted by atomic mass is 10.0. The van der Waals surface area contributed by atoms with Crippen LogP contribution in [0.5, 0.6) is 0 Å². The van der Waals surface area contributed by atoms with Gasteiger partial charge in [0.05, 0.1) is 6.54 Å². The monoisotopic (exact) mass is 350 g/mol. The average molecular weight is 350 g/mol. The molecule has 5 nitrogen and oxygen atoms in total. The molecule has 2 heterocycles. The Morgan fingerprint density at radius 3 is 2.46 bits per heavy atom. The lowest BCUT2D eigenvalue weighted by molar-refractivity contribution is -0.923. The minimum atomic E-state index is -0.457. The van der Waals surface area contributed by atoms with Crippen LogP contribution >= 0.6 is 0 Å². The normalized spacial score (nSPS) is 22.7. The minimum Gasteiger partial charge on any atom is -0.313 e. The number of amides is 3. The topological polar surface area (TPSA) is 45.1 Å². The Hall–Kier alpha value is -2.66. The smallest absolute Gasteiger partial charge is 0.313 e. The largest absolute Gasteiger partial charge is 0.336 e. The van der Waals surface area contributed by atoms with Gasteiger partial charge < -0.3 is 4.90 Å². The first-order valence-electron chi connectivity index (χ1n) is 9.16. The number of nitrogens with one attached hydrogen (secondary N) is 1. The van der Waals surface area contributed by atoms with Gasteiger partial charge in [0.25, 0.3) is 5.91 Å². The zero-order chi connectivity index (χ0) is 18.3. The molecule has 0 bridgehead atoms. The maximum Gasteiger partial charge on any atom is 0.336 e. The summed E-state index contributed by atoms with van der Waals surface area (Å²) < 4.78 is 0. The Morgan fingerprint density at radius 2 is 1.73 bits per heavy atom. The van der Waals surface area contributed by atoms with E-state index in [2.05, 4.69) is 24.3 Å². The third-order valence-corrected chi connectivity index (χ3v) is 5.45. The van der Waals surface area contributed by atoms with Gasteiger partial charge in [0.15, 0.2) is 6.67 Å². The van der Waals surface area contributed by atoms with Gasteiger partial charge in [-0.1, -0.05) is 42.0 Å². The summed E-state index contributed by atoms with van der Waals surface area (Å²) in [6.45, 7) is 6.03. The molecule has 2 aliphatic heterocycles. The first kappa shape index (κ1) is 16.8. The molecule has 2 aromatic carbocycles. The molecule has 5 heteroatoms. The molecule has 26 heavy (non-hydrogen) atoms. The lowest BCUT2D eigenvalue weighted by Gasteiger charge is -2.28. The molecule has 0 radical (unpaired) electrons. The molecule has 0 spiro atoms. The predicted octanol–water partition coefficient (Wildman–Crippen LogP) is 1.75. The fraction of sp³-hybridized carbons (Fsp3) is 0.333.